The number of hydrogen-bond acceptors (Lipinski definition) is 2. The molecule has 0 unspecified atom stereocenters. The van der Waals surface area contributed by atoms with E-state index in [1.54, 1.807) is 7.11 Å². The van der Waals surface area contributed by atoms with E-state index in [9.17, 15) is 0 Å². The summed E-state index contributed by atoms with van der Waals surface area (Å²) in [6, 6.07) is 15.9. The molecule has 0 saturated carbocycles. The lowest BCUT2D eigenvalue weighted by atomic mass is 10.2. The molecule has 0 spiro atoms. The second kappa shape index (κ2) is 7.73. The number of methoxy groups -OCH3 is 1. The van der Waals surface area contributed by atoms with Crippen molar-refractivity contribution in [2.24, 2.45) is 0 Å². The molecule has 0 aliphatic rings. The van der Waals surface area contributed by atoms with E-state index < -0.39 is 0 Å². The molecule has 0 heterocycles. The van der Waals surface area contributed by atoms with E-state index in [4.69, 9.17) is 16.3 Å². The number of halogens is 1. The van der Waals surface area contributed by atoms with Crippen molar-refractivity contribution in [2.75, 3.05) is 13.7 Å². The molecule has 0 aliphatic heterocycles. The van der Waals surface area contributed by atoms with Gasteiger partial charge in [-0.25, -0.2) is 0 Å². The van der Waals surface area contributed by atoms with Crippen LogP contribution < -0.4 is 10.1 Å². The molecular formula is C17H18ClNO. The summed E-state index contributed by atoms with van der Waals surface area (Å²) in [4.78, 5) is 0. The second-order valence-electron chi connectivity index (χ2n) is 4.43. The topological polar surface area (TPSA) is 21.3 Å². The van der Waals surface area contributed by atoms with Crippen molar-refractivity contribution in [3.05, 3.63) is 70.8 Å². The maximum absolute atomic E-state index is 5.84. The second-order valence-corrected chi connectivity index (χ2v) is 4.87. The van der Waals surface area contributed by atoms with Crippen LogP contribution in [0.3, 0.4) is 0 Å². The summed E-state index contributed by atoms with van der Waals surface area (Å²) in [6.45, 7) is 1.67. The van der Waals surface area contributed by atoms with Crippen LogP contribution in [0.4, 0.5) is 0 Å². The Hall–Kier alpha value is -1.77. The quantitative estimate of drug-likeness (QED) is 0.806. The van der Waals surface area contributed by atoms with Crippen molar-refractivity contribution in [1.29, 1.82) is 0 Å². The van der Waals surface area contributed by atoms with Gasteiger partial charge in [0.2, 0.25) is 0 Å². The Morgan fingerprint density at radius 2 is 1.75 bits per heavy atom. The summed E-state index contributed by atoms with van der Waals surface area (Å²) < 4.78 is 5.13. The summed E-state index contributed by atoms with van der Waals surface area (Å²) >= 11 is 5.84. The fourth-order valence-electron chi connectivity index (χ4n) is 1.81. The number of rotatable bonds is 6. The van der Waals surface area contributed by atoms with E-state index in [1.165, 1.54) is 5.56 Å². The molecular weight excluding hydrogens is 270 g/mol. The summed E-state index contributed by atoms with van der Waals surface area (Å²) in [6.07, 6.45) is 4.18. The van der Waals surface area contributed by atoms with Crippen molar-refractivity contribution in [3.63, 3.8) is 0 Å². The first-order valence-corrected chi connectivity index (χ1v) is 6.91. The van der Waals surface area contributed by atoms with Gasteiger partial charge in [-0.15, -0.1) is 0 Å². The van der Waals surface area contributed by atoms with Gasteiger partial charge in [0.15, 0.2) is 0 Å². The van der Waals surface area contributed by atoms with Gasteiger partial charge < -0.3 is 10.1 Å². The summed E-state index contributed by atoms with van der Waals surface area (Å²) in [5.41, 5.74) is 2.39. The fourth-order valence-corrected chi connectivity index (χ4v) is 1.94. The predicted octanol–water partition coefficient (Wildman–Crippen LogP) is 4.15. The smallest absolute Gasteiger partial charge is 0.118 e. The Bertz CT molecular complexity index is 546. The van der Waals surface area contributed by atoms with Crippen LogP contribution in [0, 0.1) is 0 Å². The van der Waals surface area contributed by atoms with Crippen LogP contribution in [0.5, 0.6) is 5.75 Å². The average Bonchev–Trinajstić information content (AvgIpc) is 2.49. The minimum Gasteiger partial charge on any atom is -0.497 e. The first-order valence-electron chi connectivity index (χ1n) is 6.54. The van der Waals surface area contributed by atoms with E-state index >= 15 is 0 Å². The third-order valence-corrected chi connectivity index (χ3v) is 3.18. The molecule has 0 aromatic heterocycles. The lowest BCUT2D eigenvalue weighted by Gasteiger charge is -2.04. The maximum Gasteiger partial charge on any atom is 0.118 e. The van der Waals surface area contributed by atoms with E-state index in [0.717, 1.165) is 29.4 Å². The molecule has 3 heteroatoms. The van der Waals surface area contributed by atoms with E-state index in [-0.39, 0.29) is 0 Å². The van der Waals surface area contributed by atoms with E-state index in [0.29, 0.717) is 0 Å². The molecule has 0 radical (unpaired) electrons. The Kier molecular flexibility index (Phi) is 5.66. The van der Waals surface area contributed by atoms with Gasteiger partial charge in [-0.1, -0.05) is 48.0 Å². The monoisotopic (exact) mass is 287 g/mol. The zero-order valence-corrected chi connectivity index (χ0v) is 12.2. The number of benzene rings is 2. The fraction of sp³-hybridized carbons (Fsp3) is 0.176. The molecule has 1 N–H and O–H groups in total. The Morgan fingerprint density at radius 3 is 2.40 bits per heavy atom. The molecule has 2 aromatic rings. The van der Waals surface area contributed by atoms with Gasteiger partial charge in [0.05, 0.1) is 7.11 Å². The van der Waals surface area contributed by atoms with Crippen molar-refractivity contribution < 1.29 is 4.74 Å². The molecule has 0 atom stereocenters. The molecule has 0 amide bonds. The minimum absolute atomic E-state index is 0.764. The first kappa shape index (κ1) is 14.6. The Morgan fingerprint density at radius 1 is 1.05 bits per heavy atom. The number of ether oxygens (including phenoxy) is 1. The summed E-state index contributed by atoms with van der Waals surface area (Å²) in [7, 11) is 1.68. The van der Waals surface area contributed by atoms with Gasteiger partial charge in [0.1, 0.15) is 5.75 Å². The minimum atomic E-state index is 0.764. The SMILES string of the molecule is COc1ccc(CNC/C=C/c2ccc(Cl)cc2)cc1. The highest BCUT2D eigenvalue weighted by atomic mass is 35.5. The number of nitrogens with one attached hydrogen (secondary N) is 1. The predicted molar refractivity (Wildman–Crippen MR) is 85.2 cm³/mol. The van der Waals surface area contributed by atoms with Crippen LogP contribution in [0.1, 0.15) is 11.1 Å². The van der Waals surface area contributed by atoms with Gasteiger partial charge in [-0.05, 0) is 35.4 Å². The molecule has 20 heavy (non-hydrogen) atoms. The van der Waals surface area contributed by atoms with Crippen LogP contribution in [0.2, 0.25) is 5.02 Å². The summed E-state index contributed by atoms with van der Waals surface area (Å²) in [5, 5.41) is 4.13. The van der Waals surface area contributed by atoms with Gasteiger partial charge in [-0.2, -0.15) is 0 Å². The lowest BCUT2D eigenvalue weighted by molar-refractivity contribution is 0.414. The highest BCUT2D eigenvalue weighted by molar-refractivity contribution is 6.30. The van der Waals surface area contributed by atoms with Crippen LogP contribution >= 0.6 is 11.6 Å². The van der Waals surface area contributed by atoms with Gasteiger partial charge in [0, 0.05) is 18.1 Å². The molecule has 0 bridgehead atoms. The van der Waals surface area contributed by atoms with Crippen LogP contribution in [0.15, 0.2) is 54.6 Å². The molecule has 104 valence electrons. The lowest BCUT2D eigenvalue weighted by Crippen LogP contribution is -2.12. The molecule has 2 rings (SSSR count). The van der Waals surface area contributed by atoms with Crippen molar-refractivity contribution in [1.82, 2.24) is 5.32 Å². The summed E-state index contributed by atoms with van der Waals surface area (Å²) in [5.74, 6) is 0.886. The van der Waals surface area contributed by atoms with Crippen LogP contribution in [-0.4, -0.2) is 13.7 Å². The third kappa shape index (κ3) is 4.72. The van der Waals surface area contributed by atoms with Gasteiger partial charge in [0.25, 0.3) is 0 Å². The highest BCUT2D eigenvalue weighted by Gasteiger charge is 1.93. The van der Waals surface area contributed by atoms with Gasteiger partial charge >= 0.3 is 0 Å². The van der Waals surface area contributed by atoms with Crippen LogP contribution in [0.25, 0.3) is 6.08 Å². The van der Waals surface area contributed by atoms with Crippen molar-refractivity contribution in [2.45, 2.75) is 6.54 Å². The molecule has 0 fully saturated rings. The molecule has 0 saturated heterocycles. The zero-order valence-electron chi connectivity index (χ0n) is 11.5. The van der Waals surface area contributed by atoms with Crippen molar-refractivity contribution in [3.8, 4) is 5.75 Å². The Balaban J connectivity index is 1.74. The average molecular weight is 288 g/mol. The first-order chi connectivity index (χ1) is 9.78. The Labute approximate surface area is 125 Å². The van der Waals surface area contributed by atoms with E-state index in [2.05, 4.69) is 29.6 Å². The zero-order chi connectivity index (χ0) is 14.2. The van der Waals surface area contributed by atoms with Crippen LogP contribution in [-0.2, 0) is 6.54 Å². The third-order valence-electron chi connectivity index (χ3n) is 2.93. The standard InChI is InChI=1S/C17H18ClNO/c1-20-17-10-6-15(7-11-17)13-19-12-2-3-14-4-8-16(18)9-5-14/h2-11,19H,12-13H2,1H3/b3-2+. The van der Waals surface area contributed by atoms with Gasteiger partial charge in [-0.3, -0.25) is 0 Å². The number of hydrogen-bond donors (Lipinski definition) is 1. The highest BCUT2D eigenvalue weighted by Crippen LogP contribution is 2.11. The maximum atomic E-state index is 5.84. The normalized spacial score (nSPS) is 10.9. The molecule has 2 aromatic carbocycles. The molecule has 0 aliphatic carbocycles. The van der Waals surface area contributed by atoms with Crippen molar-refractivity contribution >= 4 is 17.7 Å². The largest absolute Gasteiger partial charge is 0.497 e. The van der Waals surface area contributed by atoms with E-state index in [1.807, 2.05) is 36.4 Å². The molecule has 2 nitrogen and oxygen atoms in total.